The van der Waals surface area contributed by atoms with Crippen LogP contribution in [0.2, 0.25) is 0 Å². The number of nitrogens with one attached hydrogen (secondary N) is 2. The lowest BCUT2D eigenvalue weighted by Gasteiger charge is -2.17. The number of amidine groups is 1. The van der Waals surface area contributed by atoms with Crippen molar-refractivity contribution in [2.45, 2.75) is 13.5 Å². The Labute approximate surface area is 101 Å². The molecule has 0 heterocycles. The van der Waals surface area contributed by atoms with Gasteiger partial charge in [0.15, 0.2) is 0 Å². The Morgan fingerprint density at radius 2 is 2.24 bits per heavy atom. The third kappa shape index (κ3) is 3.79. The highest BCUT2D eigenvalue weighted by Crippen LogP contribution is 2.07. The van der Waals surface area contributed by atoms with E-state index in [0.29, 0.717) is 18.7 Å². The van der Waals surface area contributed by atoms with E-state index in [1.54, 1.807) is 18.0 Å². The highest BCUT2D eigenvalue weighted by Gasteiger charge is 2.08. The van der Waals surface area contributed by atoms with Crippen LogP contribution in [0.25, 0.3) is 0 Å². The number of amides is 2. The number of nitrogen functional groups attached to an aromatic ring is 1. The predicted molar refractivity (Wildman–Crippen MR) is 68.0 cm³/mol. The Morgan fingerprint density at radius 3 is 2.82 bits per heavy atom. The van der Waals surface area contributed by atoms with Crippen molar-refractivity contribution in [2.75, 3.05) is 13.6 Å². The second-order valence-corrected chi connectivity index (χ2v) is 3.81. The molecule has 0 aliphatic heterocycles. The van der Waals surface area contributed by atoms with E-state index in [1.165, 1.54) is 0 Å². The Hall–Kier alpha value is -2.04. The second kappa shape index (κ2) is 5.89. The quantitative estimate of drug-likeness (QED) is 0.539. The summed E-state index contributed by atoms with van der Waals surface area (Å²) in [6.45, 7) is 2.98. The highest BCUT2D eigenvalue weighted by molar-refractivity contribution is 5.95. The standard InChI is InChI=1S/C12H18N4O/c1-3-15-12(17)16(2)8-9-5-4-6-10(7-9)11(13)14/h4-7H,3,8H2,1-2H3,(H3,13,14)(H,15,17). The molecule has 0 spiro atoms. The van der Waals surface area contributed by atoms with Crippen LogP contribution >= 0.6 is 0 Å². The van der Waals surface area contributed by atoms with E-state index in [0.717, 1.165) is 5.56 Å². The Balaban J connectivity index is 2.71. The Bertz CT molecular complexity index is 417. The van der Waals surface area contributed by atoms with Crippen LogP contribution in [0.3, 0.4) is 0 Å². The van der Waals surface area contributed by atoms with Crippen LogP contribution < -0.4 is 11.1 Å². The molecule has 0 aromatic heterocycles. The number of urea groups is 1. The van der Waals surface area contributed by atoms with Crippen LogP contribution in [0.15, 0.2) is 24.3 Å². The lowest BCUT2D eigenvalue weighted by Crippen LogP contribution is -2.36. The summed E-state index contributed by atoms with van der Waals surface area (Å²) < 4.78 is 0. The molecular formula is C12H18N4O. The molecular weight excluding hydrogens is 216 g/mol. The van der Waals surface area contributed by atoms with Gasteiger partial charge in [0.05, 0.1) is 0 Å². The first-order valence-electron chi connectivity index (χ1n) is 5.47. The van der Waals surface area contributed by atoms with Crippen molar-refractivity contribution in [3.63, 3.8) is 0 Å². The normalized spacial score (nSPS) is 9.76. The van der Waals surface area contributed by atoms with E-state index in [1.807, 2.05) is 25.1 Å². The lowest BCUT2D eigenvalue weighted by molar-refractivity contribution is 0.207. The molecule has 0 unspecified atom stereocenters. The largest absolute Gasteiger partial charge is 0.384 e. The smallest absolute Gasteiger partial charge is 0.317 e. The fraction of sp³-hybridized carbons (Fsp3) is 0.333. The van der Waals surface area contributed by atoms with E-state index in [9.17, 15) is 4.79 Å². The van der Waals surface area contributed by atoms with Crippen molar-refractivity contribution in [1.82, 2.24) is 10.2 Å². The third-order valence-corrected chi connectivity index (χ3v) is 2.33. The van der Waals surface area contributed by atoms with E-state index >= 15 is 0 Å². The maximum Gasteiger partial charge on any atom is 0.317 e. The molecule has 0 radical (unpaired) electrons. The molecule has 0 saturated heterocycles. The van der Waals surface area contributed by atoms with Crippen molar-refractivity contribution in [1.29, 1.82) is 5.41 Å². The summed E-state index contributed by atoms with van der Waals surface area (Å²) in [5.74, 6) is 0.0347. The molecule has 1 aromatic rings. The molecule has 5 nitrogen and oxygen atoms in total. The monoisotopic (exact) mass is 234 g/mol. The van der Waals surface area contributed by atoms with Gasteiger partial charge >= 0.3 is 6.03 Å². The summed E-state index contributed by atoms with van der Waals surface area (Å²) in [4.78, 5) is 13.1. The molecule has 0 aliphatic rings. The van der Waals surface area contributed by atoms with Gasteiger partial charge in [0.25, 0.3) is 0 Å². The van der Waals surface area contributed by atoms with Crippen molar-refractivity contribution < 1.29 is 4.79 Å². The minimum atomic E-state index is -0.110. The molecule has 0 saturated carbocycles. The molecule has 1 rings (SSSR count). The number of carbonyl (C=O) groups excluding carboxylic acids is 1. The first kappa shape index (κ1) is 13.0. The van der Waals surface area contributed by atoms with Gasteiger partial charge in [-0.25, -0.2) is 4.79 Å². The molecule has 5 heteroatoms. The zero-order valence-electron chi connectivity index (χ0n) is 10.2. The summed E-state index contributed by atoms with van der Waals surface area (Å²) in [7, 11) is 1.73. The van der Waals surface area contributed by atoms with Crippen molar-refractivity contribution in [2.24, 2.45) is 5.73 Å². The lowest BCUT2D eigenvalue weighted by atomic mass is 10.1. The maximum absolute atomic E-state index is 11.5. The van der Waals surface area contributed by atoms with Gasteiger partial charge in [-0.1, -0.05) is 18.2 Å². The summed E-state index contributed by atoms with van der Waals surface area (Å²) >= 11 is 0. The molecule has 92 valence electrons. The second-order valence-electron chi connectivity index (χ2n) is 3.81. The topological polar surface area (TPSA) is 82.2 Å². The minimum Gasteiger partial charge on any atom is -0.384 e. The summed E-state index contributed by atoms with van der Waals surface area (Å²) in [6, 6.07) is 7.22. The van der Waals surface area contributed by atoms with E-state index in [-0.39, 0.29) is 11.9 Å². The zero-order chi connectivity index (χ0) is 12.8. The van der Waals surface area contributed by atoms with Crippen molar-refractivity contribution in [3.05, 3.63) is 35.4 Å². The third-order valence-electron chi connectivity index (χ3n) is 2.33. The Morgan fingerprint density at radius 1 is 1.53 bits per heavy atom. The Kier molecular flexibility index (Phi) is 4.51. The number of nitrogens with two attached hydrogens (primary N) is 1. The SMILES string of the molecule is CCNC(=O)N(C)Cc1cccc(C(=N)N)c1. The number of carbonyl (C=O) groups is 1. The van der Waals surface area contributed by atoms with Crippen LogP contribution in [-0.4, -0.2) is 30.4 Å². The van der Waals surface area contributed by atoms with Gasteiger partial charge in [-0.05, 0) is 18.6 Å². The molecule has 1 aromatic carbocycles. The van der Waals surface area contributed by atoms with Gasteiger partial charge in [0.2, 0.25) is 0 Å². The van der Waals surface area contributed by atoms with Gasteiger partial charge < -0.3 is 16.0 Å². The maximum atomic E-state index is 11.5. The van der Waals surface area contributed by atoms with E-state index in [4.69, 9.17) is 11.1 Å². The van der Waals surface area contributed by atoms with E-state index < -0.39 is 0 Å². The zero-order valence-corrected chi connectivity index (χ0v) is 10.2. The first-order valence-corrected chi connectivity index (χ1v) is 5.47. The number of benzene rings is 1. The van der Waals surface area contributed by atoms with Crippen LogP contribution in [0.4, 0.5) is 4.79 Å². The van der Waals surface area contributed by atoms with Gasteiger partial charge in [0.1, 0.15) is 5.84 Å². The predicted octanol–water partition coefficient (Wildman–Crippen LogP) is 1.13. The average molecular weight is 234 g/mol. The van der Waals surface area contributed by atoms with Crippen LogP contribution in [0.5, 0.6) is 0 Å². The fourth-order valence-corrected chi connectivity index (χ4v) is 1.47. The number of hydrogen-bond donors (Lipinski definition) is 3. The number of rotatable bonds is 4. The fourth-order valence-electron chi connectivity index (χ4n) is 1.47. The average Bonchev–Trinajstić information content (AvgIpc) is 2.29. The minimum absolute atomic E-state index is 0.0347. The molecule has 2 amide bonds. The summed E-state index contributed by atoms with van der Waals surface area (Å²) in [6.07, 6.45) is 0. The molecule has 0 bridgehead atoms. The first-order chi connectivity index (χ1) is 8.04. The molecule has 4 N–H and O–H groups in total. The van der Waals surface area contributed by atoms with Gasteiger partial charge in [-0.2, -0.15) is 0 Å². The van der Waals surface area contributed by atoms with Gasteiger partial charge in [0, 0.05) is 25.7 Å². The van der Waals surface area contributed by atoms with Crippen molar-refractivity contribution >= 4 is 11.9 Å². The van der Waals surface area contributed by atoms with Gasteiger partial charge in [-0.15, -0.1) is 0 Å². The summed E-state index contributed by atoms with van der Waals surface area (Å²) in [5, 5.41) is 10.1. The highest BCUT2D eigenvalue weighted by atomic mass is 16.2. The van der Waals surface area contributed by atoms with Gasteiger partial charge in [-0.3, -0.25) is 5.41 Å². The molecule has 0 aliphatic carbocycles. The van der Waals surface area contributed by atoms with E-state index in [2.05, 4.69) is 5.32 Å². The van der Waals surface area contributed by atoms with Crippen LogP contribution in [-0.2, 0) is 6.54 Å². The number of nitrogens with zero attached hydrogens (tertiary/aromatic N) is 1. The molecule has 0 fully saturated rings. The number of hydrogen-bond acceptors (Lipinski definition) is 2. The van der Waals surface area contributed by atoms with Crippen LogP contribution in [0.1, 0.15) is 18.1 Å². The van der Waals surface area contributed by atoms with Crippen molar-refractivity contribution in [3.8, 4) is 0 Å². The van der Waals surface area contributed by atoms with Crippen LogP contribution in [0, 0.1) is 5.41 Å². The molecule has 0 atom stereocenters. The summed E-state index contributed by atoms with van der Waals surface area (Å²) in [5.41, 5.74) is 7.03. The molecule has 17 heavy (non-hydrogen) atoms.